The number of nitrogens with zero attached hydrogens (tertiary/aromatic N) is 1. The summed E-state index contributed by atoms with van der Waals surface area (Å²) in [6.07, 6.45) is -0.342. The summed E-state index contributed by atoms with van der Waals surface area (Å²) in [6, 6.07) is 12.5. The fourth-order valence-electron chi connectivity index (χ4n) is 2.22. The number of benzene rings is 2. The van der Waals surface area contributed by atoms with Crippen LogP contribution in [0.25, 0.3) is 0 Å². The van der Waals surface area contributed by atoms with Gasteiger partial charge in [-0.3, -0.25) is 24.5 Å². The summed E-state index contributed by atoms with van der Waals surface area (Å²) in [5, 5.41) is 15.7. The van der Waals surface area contributed by atoms with Crippen molar-refractivity contribution in [1.29, 1.82) is 0 Å². The number of aryl methyl sites for hydroxylation is 1. The van der Waals surface area contributed by atoms with Crippen LogP contribution in [-0.4, -0.2) is 29.3 Å². The first-order chi connectivity index (χ1) is 13.3. The first-order valence-corrected chi connectivity index (χ1v) is 8.40. The third-order valence-electron chi connectivity index (χ3n) is 3.70. The van der Waals surface area contributed by atoms with Crippen molar-refractivity contribution in [3.05, 3.63) is 64.2 Å². The van der Waals surface area contributed by atoms with Crippen LogP contribution < -0.4 is 10.6 Å². The van der Waals surface area contributed by atoms with Crippen molar-refractivity contribution < 1.29 is 24.0 Å². The van der Waals surface area contributed by atoms with E-state index in [1.165, 1.54) is 24.3 Å². The first kappa shape index (κ1) is 20.6. The number of para-hydroxylation sites is 1. The molecule has 0 bridgehead atoms. The molecule has 2 amide bonds. The molecule has 0 aliphatic heterocycles. The Hall–Kier alpha value is -3.75. The van der Waals surface area contributed by atoms with E-state index in [0.717, 1.165) is 5.56 Å². The maximum absolute atomic E-state index is 11.8. The van der Waals surface area contributed by atoms with Gasteiger partial charge in [-0.25, -0.2) is 0 Å². The van der Waals surface area contributed by atoms with Gasteiger partial charge in [0.2, 0.25) is 5.91 Å². The molecule has 0 aliphatic rings. The number of rotatable bonds is 8. The minimum absolute atomic E-state index is 0.0921. The summed E-state index contributed by atoms with van der Waals surface area (Å²) < 4.78 is 4.85. The van der Waals surface area contributed by atoms with Crippen LogP contribution in [0.15, 0.2) is 48.5 Å². The van der Waals surface area contributed by atoms with Gasteiger partial charge in [0.05, 0.1) is 11.3 Å². The zero-order valence-corrected chi connectivity index (χ0v) is 15.1. The average Bonchev–Trinajstić information content (AvgIpc) is 2.67. The Balaban J connectivity index is 1.70. The lowest BCUT2D eigenvalue weighted by Gasteiger charge is -2.09. The van der Waals surface area contributed by atoms with Crippen LogP contribution in [-0.2, 0) is 19.1 Å². The van der Waals surface area contributed by atoms with E-state index in [9.17, 15) is 24.5 Å². The van der Waals surface area contributed by atoms with E-state index in [0.29, 0.717) is 11.4 Å². The molecule has 2 N–H and O–H groups in total. The molecule has 0 radical (unpaired) electrons. The van der Waals surface area contributed by atoms with E-state index in [2.05, 4.69) is 10.6 Å². The predicted molar refractivity (Wildman–Crippen MR) is 102 cm³/mol. The Morgan fingerprint density at radius 3 is 2.29 bits per heavy atom. The number of nitrogens with one attached hydrogen (secondary N) is 2. The fraction of sp³-hybridized carbons (Fsp3) is 0.211. The second kappa shape index (κ2) is 9.81. The molecule has 2 aromatic carbocycles. The third-order valence-corrected chi connectivity index (χ3v) is 3.70. The molecule has 2 rings (SSSR count). The van der Waals surface area contributed by atoms with Crippen LogP contribution in [0.3, 0.4) is 0 Å². The number of hydrogen-bond acceptors (Lipinski definition) is 6. The van der Waals surface area contributed by atoms with Gasteiger partial charge in [-0.1, -0.05) is 18.2 Å². The van der Waals surface area contributed by atoms with E-state index in [4.69, 9.17) is 4.74 Å². The molecule has 0 saturated heterocycles. The Labute approximate surface area is 160 Å². The van der Waals surface area contributed by atoms with E-state index in [1.54, 1.807) is 12.1 Å². The minimum Gasteiger partial charge on any atom is -0.456 e. The van der Waals surface area contributed by atoms with Gasteiger partial charge in [-0.15, -0.1) is 0 Å². The molecule has 0 heterocycles. The molecule has 2 aromatic rings. The molecule has 0 unspecified atom stereocenters. The lowest BCUT2D eigenvalue weighted by Crippen LogP contribution is -2.22. The molecule has 0 saturated carbocycles. The van der Waals surface area contributed by atoms with Gasteiger partial charge in [0, 0.05) is 29.9 Å². The van der Waals surface area contributed by atoms with Gasteiger partial charge in [0.1, 0.15) is 0 Å². The number of anilines is 2. The predicted octanol–water partition coefficient (Wildman–Crippen LogP) is 2.80. The number of esters is 1. The number of ether oxygens (including phenoxy) is 1. The summed E-state index contributed by atoms with van der Waals surface area (Å²) in [5.74, 6) is -1.60. The summed E-state index contributed by atoms with van der Waals surface area (Å²) in [7, 11) is 0. The van der Waals surface area contributed by atoms with E-state index in [-0.39, 0.29) is 18.5 Å². The number of carbonyl (C=O) groups is 3. The maximum Gasteiger partial charge on any atom is 0.306 e. The van der Waals surface area contributed by atoms with Crippen LogP contribution in [0.5, 0.6) is 0 Å². The maximum atomic E-state index is 11.8. The smallest absolute Gasteiger partial charge is 0.306 e. The highest BCUT2D eigenvalue weighted by Gasteiger charge is 2.12. The minimum atomic E-state index is -0.682. The first-order valence-electron chi connectivity index (χ1n) is 8.40. The largest absolute Gasteiger partial charge is 0.456 e. The number of amides is 2. The highest BCUT2D eigenvalue weighted by molar-refractivity contribution is 5.94. The zero-order chi connectivity index (χ0) is 20.5. The second-order valence-electron chi connectivity index (χ2n) is 5.88. The van der Waals surface area contributed by atoms with Crippen LogP contribution >= 0.6 is 0 Å². The monoisotopic (exact) mass is 385 g/mol. The van der Waals surface area contributed by atoms with Crippen molar-refractivity contribution in [3.63, 3.8) is 0 Å². The Kier molecular flexibility index (Phi) is 7.21. The van der Waals surface area contributed by atoms with Crippen molar-refractivity contribution in [3.8, 4) is 0 Å². The van der Waals surface area contributed by atoms with Crippen LogP contribution in [0.1, 0.15) is 18.4 Å². The molecule has 0 aromatic heterocycles. The quantitative estimate of drug-likeness (QED) is 0.408. The van der Waals surface area contributed by atoms with Crippen LogP contribution in [0.4, 0.5) is 17.1 Å². The molecule has 0 spiro atoms. The van der Waals surface area contributed by atoms with E-state index in [1.807, 2.05) is 19.1 Å². The average molecular weight is 385 g/mol. The summed E-state index contributed by atoms with van der Waals surface area (Å²) in [4.78, 5) is 45.3. The number of carbonyl (C=O) groups excluding carboxylic acids is 3. The summed E-state index contributed by atoms with van der Waals surface area (Å²) in [5.41, 5.74) is 1.79. The second-order valence-corrected chi connectivity index (χ2v) is 5.88. The normalized spacial score (nSPS) is 10.0. The van der Waals surface area contributed by atoms with Gasteiger partial charge in [0.15, 0.2) is 6.61 Å². The summed E-state index contributed by atoms with van der Waals surface area (Å²) in [6.45, 7) is 1.39. The highest BCUT2D eigenvalue weighted by Crippen LogP contribution is 2.16. The molecule has 9 nitrogen and oxygen atoms in total. The molecule has 0 atom stereocenters. The van der Waals surface area contributed by atoms with Crippen molar-refractivity contribution in [2.75, 3.05) is 17.2 Å². The SMILES string of the molecule is Cc1ccccc1NC(=O)COC(=O)CCC(=O)Nc1ccc([N+](=O)[O-])cc1. The molecule has 9 heteroatoms. The number of non-ortho nitro benzene ring substituents is 1. The van der Waals surface area contributed by atoms with Crippen molar-refractivity contribution in [1.82, 2.24) is 0 Å². The highest BCUT2D eigenvalue weighted by atomic mass is 16.6. The molecule has 0 fully saturated rings. The topological polar surface area (TPSA) is 128 Å². The van der Waals surface area contributed by atoms with Crippen molar-refractivity contribution in [2.24, 2.45) is 0 Å². The molecule has 0 aliphatic carbocycles. The van der Waals surface area contributed by atoms with E-state index < -0.39 is 29.3 Å². The van der Waals surface area contributed by atoms with Gasteiger partial charge in [-0.05, 0) is 30.7 Å². The van der Waals surface area contributed by atoms with Crippen LogP contribution in [0, 0.1) is 17.0 Å². The molecular formula is C19H19N3O6. The summed E-state index contributed by atoms with van der Waals surface area (Å²) >= 11 is 0. The van der Waals surface area contributed by atoms with Crippen LogP contribution in [0.2, 0.25) is 0 Å². The van der Waals surface area contributed by atoms with Crippen molar-refractivity contribution >= 4 is 34.8 Å². The third kappa shape index (κ3) is 6.52. The van der Waals surface area contributed by atoms with E-state index >= 15 is 0 Å². The Morgan fingerprint density at radius 1 is 0.964 bits per heavy atom. The lowest BCUT2D eigenvalue weighted by molar-refractivity contribution is -0.384. The van der Waals surface area contributed by atoms with Crippen molar-refractivity contribution in [2.45, 2.75) is 19.8 Å². The van der Waals surface area contributed by atoms with Gasteiger partial charge in [-0.2, -0.15) is 0 Å². The lowest BCUT2D eigenvalue weighted by atomic mass is 10.2. The number of hydrogen-bond donors (Lipinski definition) is 2. The zero-order valence-electron chi connectivity index (χ0n) is 15.1. The van der Waals surface area contributed by atoms with Gasteiger partial charge >= 0.3 is 5.97 Å². The number of nitro groups is 1. The Morgan fingerprint density at radius 2 is 1.64 bits per heavy atom. The molecular weight excluding hydrogens is 366 g/mol. The van der Waals surface area contributed by atoms with Gasteiger partial charge in [0.25, 0.3) is 11.6 Å². The molecule has 28 heavy (non-hydrogen) atoms. The Bertz CT molecular complexity index is 879. The fourth-order valence-corrected chi connectivity index (χ4v) is 2.22. The molecule has 146 valence electrons. The standard InChI is InChI=1S/C19H19N3O6/c1-13-4-2-3-5-16(13)21-18(24)12-28-19(25)11-10-17(23)20-14-6-8-15(9-7-14)22(26)27/h2-9H,10-12H2,1H3,(H,20,23)(H,21,24). The van der Waals surface area contributed by atoms with Gasteiger partial charge < -0.3 is 15.4 Å². The number of nitro benzene ring substituents is 1.